The van der Waals surface area contributed by atoms with E-state index in [-0.39, 0.29) is 5.38 Å². The van der Waals surface area contributed by atoms with E-state index in [0.717, 1.165) is 13.0 Å². The number of aryl methyl sites for hydroxylation is 1. The van der Waals surface area contributed by atoms with Crippen molar-refractivity contribution in [1.82, 2.24) is 0 Å². The molecule has 1 aromatic carbocycles. The summed E-state index contributed by atoms with van der Waals surface area (Å²) >= 11 is 6.64. The minimum Gasteiger partial charge on any atom is -0.378 e. The second-order valence-corrected chi connectivity index (χ2v) is 5.74. The Kier molecular flexibility index (Phi) is 3.39. The molecule has 1 aliphatic carbocycles. The van der Waals surface area contributed by atoms with Crippen molar-refractivity contribution < 1.29 is 4.74 Å². The van der Waals surface area contributed by atoms with Crippen LogP contribution in [0.2, 0.25) is 0 Å². The number of ether oxygens (including phenoxy) is 1. The van der Waals surface area contributed by atoms with E-state index >= 15 is 0 Å². The quantitative estimate of drug-likeness (QED) is 0.718. The maximum atomic E-state index is 6.64. The zero-order valence-electron chi connectivity index (χ0n) is 10.1. The lowest BCUT2D eigenvalue weighted by molar-refractivity contribution is 0.0865. The third-order valence-corrected chi connectivity index (χ3v) is 4.73. The molecule has 0 aromatic heterocycles. The van der Waals surface area contributed by atoms with Crippen molar-refractivity contribution in [2.75, 3.05) is 6.61 Å². The molecular formula is C15H19ClO. The second kappa shape index (κ2) is 4.99. The summed E-state index contributed by atoms with van der Waals surface area (Å²) < 4.78 is 5.73. The summed E-state index contributed by atoms with van der Waals surface area (Å²) in [5.41, 5.74) is 2.79. The Labute approximate surface area is 108 Å². The largest absolute Gasteiger partial charge is 0.378 e. The van der Waals surface area contributed by atoms with Crippen LogP contribution in [0.5, 0.6) is 0 Å². The first-order valence-electron chi connectivity index (χ1n) is 6.68. The van der Waals surface area contributed by atoms with Crippen LogP contribution in [0.1, 0.15) is 42.2 Å². The van der Waals surface area contributed by atoms with Gasteiger partial charge in [-0.2, -0.15) is 0 Å². The molecule has 1 saturated heterocycles. The van der Waals surface area contributed by atoms with Gasteiger partial charge in [-0.05, 0) is 49.1 Å². The molecule has 17 heavy (non-hydrogen) atoms. The van der Waals surface area contributed by atoms with Crippen molar-refractivity contribution in [2.45, 2.75) is 43.6 Å². The molecule has 1 nitrogen and oxygen atoms in total. The van der Waals surface area contributed by atoms with E-state index in [4.69, 9.17) is 16.3 Å². The molecular weight excluding hydrogens is 232 g/mol. The van der Waals surface area contributed by atoms with Gasteiger partial charge in [-0.3, -0.25) is 0 Å². The molecule has 0 N–H and O–H groups in total. The molecule has 3 rings (SSSR count). The molecule has 2 aliphatic rings. The first-order chi connectivity index (χ1) is 8.34. The summed E-state index contributed by atoms with van der Waals surface area (Å²) in [6, 6.07) is 8.62. The summed E-state index contributed by atoms with van der Waals surface area (Å²) in [6.07, 6.45) is 6.44. The Bertz CT molecular complexity index is 384. The molecule has 1 aromatic rings. The van der Waals surface area contributed by atoms with E-state index in [1.807, 2.05) is 0 Å². The van der Waals surface area contributed by atoms with E-state index in [1.165, 1.54) is 36.8 Å². The van der Waals surface area contributed by atoms with Crippen LogP contribution in [-0.2, 0) is 11.2 Å². The Balaban J connectivity index is 1.72. The van der Waals surface area contributed by atoms with Crippen LogP contribution in [-0.4, -0.2) is 12.7 Å². The molecule has 0 bridgehead atoms. The fourth-order valence-corrected chi connectivity index (χ4v) is 3.62. The number of halogens is 1. The first kappa shape index (κ1) is 11.6. The number of rotatable bonds is 2. The lowest BCUT2D eigenvalue weighted by Crippen LogP contribution is -2.21. The van der Waals surface area contributed by atoms with Crippen molar-refractivity contribution in [1.29, 1.82) is 0 Å². The molecule has 3 unspecified atom stereocenters. The summed E-state index contributed by atoms with van der Waals surface area (Å²) in [5.74, 6) is 0.592. The lowest BCUT2D eigenvalue weighted by Gasteiger charge is -2.31. The van der Waals surface area contributed by atoms with Crippen molar-refractivity contribution in [2.24, 2.45) is 5.92 Å². The van der Waals surface area contributed by atoms with Crippen LogP contribution in [0.25, 0.3) is 0 Å². The van der Waals surface area contributed by atoms with Gasteiger partial charge in [0.1, 0.15) is 0 Å². The lowest BCUT2D eigenvalue weighted by atomic mass is 9.80. The summed E-state index contributed by atoms with van der Waals surface area (Å²) in [7, 11) is 0. The van der Waals surface area contributed by atoms with Crippen LogP contribution in [0.15, 0.2) is 24.3 Å². The number of hydrogen-bond donors (Lipinski definition) is 0. The molecule has 1 heterocycles. The van der Waals surface area contributed by atoms with E-state index in [0.29, 0.717) is 12.0 Å². The average Bonchev–Trinajstić information content (AvgIpc) is 2.86. The van der Waals surface area contributed by atoms with Crippen molar-refractivity contribution in [3.8, 4) is 0 Å². The highest BCUT2D eigenvalue weighted by Gasteiger charge is 2.30. The molecule has 0 amide bonds. The number of benzene rings is 1. The SMILES string of the molecule is ClC1c2ccccc2CCC1CC1CCCO1. The van der Waals surface area contributed by atoms with Gasteiger partial charge < -0.3 is 4.74 Å². The minimum atomic E-state index is 0.184. The number of hydrogen-bond acceptors (Lipinski definition) is 1. The molecule has 0 radical (unpaired) electrons. The van der Waals surface area contributed by atoms with E-state index in [1.54, 1.807) is 0 Å². The predicted octanol–water partition coefficient (Wildman–Crippen LogP) is 4.10. The molecule has 0 saturated carbocycles. The number of alkyl halides is 1. The number of fused-ring (bicyclic) bond motifs is 1. The van der Waals surface area contributed by atoms with E-state index in [9.17, 15) is 0 Å². The molecule has 1 aliphatic heterocycles. The Morgan fingerprint density at radius 1 is 1.24 bits per heavy atom. The normalized spacial score (nSPS) is 32.4. The van der Waals surface area contributed by atoms with Gasteiger partial charge in [0, 0.05) is 6.61 Å². The van der Waals surface area contributed by atoms with Crippen molar-refractivity contribution >= 4 is 11.6 Å². The molecule has 3 atom stereocenters. The van der Waals surface area contributed by atoms with Crippen molar-refractivity contribution in [3.05, 3.63) is 35.4 Å². The minimum absolute atomic E-state index is 0.184. The highest BCUT2D eigenvalue weighted by Crippen LogP contribution is 2.42. The molecule has 92 valence electrons. The zero-order valence-corrected chi connectivity index (χ0v) is 10.8. The summed E-state index contributed by atoms with van der Waals surface area (Å²) in [6.45, 7) is 0.945. The van der Waals surface area contributed by atoms with Crippen LogP contribution >= 0.6 is 11.6 Å². The smallest absolute Gasteiger partial charge is 0.0617 e. The Morgan fingerprint density at radius 3 is 2.94 bits per heavy atom. The zero-order chi connectivity index (χ0) is 11.7. The van der Waals surface area contributed by atoms with Crippen LogP contribution in [0.4, 0.5) is 0 Å². The van der Waals surface area contributed by atoms with Gasteiger partial charge in [-0.1, -0.05) is 24.3 Å². The third-order valence-electron chi connectivity index (χ3n) is 4.14. The van der Waals surface area contributed by atoms with Gasteiger partial charge in [0.2, 0.25) is 0 Å². The van der Waals surface area contributed by atoms with E-state index in [2.05, 4.69) is 24.3 Å². The van der Waals surface area contributed by atoms with Gasteiger partial charge in [-0.25, -0.2) is 0 Å². The first-order valence-corrected chi connectivity index (χ1v) is 7.11. The molecule has 1 fully saturated rings. The maximum absolute atomic E-state index is 6.64. The maximum Gasteiger partial charge on any atom is 0.0617 e. The Hall–Kier alpha value is -0.530. The van der Waals surface area contributed by atoms with Gasteiger partial charge in [0.25, 0.3) is 0 Å². The molecule has 0 spiro atoms. The second-order valence-electron chi connectivity index (χ2n) is 5.27. The van der Waals surface area contributed by atoms with Crippen LogP contribution in [0.3, 0.4) is 0 Å². The monoisotopic (exact) mass is 250 g/mol. The highest BCUT2D eigenvalue weighted by atomic mass is 35.5. The fraction of sp³-hybridized carbons (Fsp3) is 0.600. The summed E-state index contributed by atoms with van der Waals surface area (Å²) in [4.78, 5) is 0. The molecule has 2 heteroatoms. The van der Waals surface area contributed by atoms with Gasteiger partial charge >= 0.3 is 0 Å². The van der Waals surface area contributed by atoms with Gasteiger partial charge in [0.05, 0.1) is 11.5 Å². The third kappa shape index (κ3) is 2.36. The topological polar surface area (TPSA) is 9.23 Å². The van der Waals surface area contributed by atoms with Crippen LogP contribution in [0, 0.1) is 5.92 Å². The van der Waals surface area contributed by atoms with E-state index < -0.39 is 0 Å². The predicted molar refractivity (Wildman–Crippen MR) is 70.4 cm³/mol. The highest BCUT2D eigenvalue weighted by molar-refractivity contribution is 6.21. The average molecular weight is 251 g/mol. The van der Waals surface area contributed by atoms with Gasteiger partial charge in [0.15, 0.2) is 0 Å². The van der Waals surface area contributed by atoms with Gasteiger partial charge in [-0.15, -0.1) is 11.6 Å². The van der Waals surface area contributed by atoms with Crippen molar-refractivity contribution in [3.63, 3.8) is 0 Å². The fourth-order valence-electron chi connectivity index (χ4n) is 3.18. The summed E-state index contributed by atoms with van der Waals surface area (Å²) in [5, 5.41) is 0.184. The standard InChI is InChI=1S/C15H19ClO/c16-15-12(10-13-5-3-9-17-13)8-7-11-4-1-2-6-14(11)15/h1-2,4,6,12-13,15H,3,5,7-10H2. The Morgan fingerprint density at radius 2 is 2.12 bits per heavy atom. The van der Waals surface area contributed by atoms with Crippen LogP contribution < -0.4 is 0 Å².